The zero-order valence-electron chi connectivity index (χ0n) is 19.1. The molecule has 178 valence electrons. The summed E-state index contributed by atoms with van der Waals surface area (Å²) in [5.74, 6) is 2.47. The highest BCUT2D eigenvalue weighted by molar-refractivity contribution is 5.85. The minimum absolute atomic E-state index is 0. The fourth-order valence-electron chi connectivity index (χ4n) is 4.40. The number of methoxy groups -OCH3 is 3. The first-order valence-electron chi connectivity index (χ1n) is 10.7. The number of fused-ring (bicyclic) bond motifs is 1. The number of piperazine rings is 1. The Morgan fingerprint density at radius 1 is 0.906 bits per heavy atom. The molecular weight excluding hydrogens is 432 g/mol. The van der Waals surface area contributed by atoms with Gasteiger partial charge in [-0.1, -0.05) is 0 Å². The average Bonchev–Trinajstić information content (AvgIpc) is 3.00. The van der Waals surface area contributed by atoms with Crippen LogP contribution in [0.1, 0.15) is 23.7 Å². The molecule has 2 aromatic rings. The second-order valence-electron chi connectivity index (χ2n) is 7.85. The molecular formula is C24H35ClN2O5. The van der Waals surface area contributed by atoms with Crippen molar-refractivity contribution in [2.75, 3.05) is 65.6 Å². The van der Waals surface area contributed by atoms with Crippen LogP contribution >= 0.6 is 12.4 Å². The van der Waals surface area contributed by atoms with E-state index in [9.17, 15) is 0 Å². The van der Waals surface area contributed by atoms with Gasteiger partial charge in [-0.05, 0) is 60.4 Å². The molecule has 2 aliphatic heterocycles. The Labute approximate surface area is 196 Å². The van der Waals surface area contributed by atoms with Crippen molar-refractivity contribution in [1.29, 1.82) is 0 Å². The highest BCUT2D eigenvalue weighted by Crippen LogP contribution is 2.37. The van der Waals surface area contributed by atoms with Gasteiger partial charge in [0.1, 0.15) is 5.75 Å². The maximum absolute atomic E-state index is 6.28. The highest BCUT2D eigenvalue weighted by Gasteiger charge is 2.26. The number of benzene rings is 2. The molecule has 1 atom stereocenters. The van der Waals surface area contributed by atoms with Crippen molar-refractivity contribution in [3.63, 3.8) is 0 Å². The Morgan fingerprint density at radius 2 is 1.56 bits per heavy atom. The molecule has 2 heterocycles. The number of rotatable bonds is 6. The summed E-state index contributed by atoms with van der Waals surface area (Å²) in [5, 5.41) is 0. The zero-order chi connectivity index (χ0) is 20.9. The smallest absolute Gasteiger partial charge is 0.161 e. The van der Waals surface area contributed by atoms with Gasteiger partial charge < -0.3 is 29.3 Å². The molecule has 4 rings (SSSR count). The lowest BCUT2D eigenvalue weighted by Gasteiger charge is -2.37. The fourth-order valence-corrected chi connectivity index (χ4v) is 4.40. The zero-order valence-corrected chi connectivity index (χ0v) is 20.0. The first-order chi connectivity index (χ1) is 14.7. The third-order valence-corrected chi connectivity index (χ3v) is 6.14. The normalized spacial score (nSPS) is 18.5. The quantitative estimate of drug-likeness (QED) is 0.651. The molecule has 1 unspecified atom stereocenters. The van der Waals surface area contributed by atoms with E-state index in [1.54, 1.807) is 21.3 Å². The number of anilines is 1. The second kappa shape index (κ2) is 12.2. The Morgan fingerprint density at radius 3 is 2.19 bits per heavy atom. The summed E-state index contributed by atoms with van der Waals surface area (Å²) in [5.41, 5.74) is 3.80. The largest absolute Gasteiger partial charge is 0.497 e. The van der Waals surface area contributed by atoms with E-state index >= 15 is 0 Å². The molecule has 0 amide bonds. The lowest BCUT2D eigenvalue weighted by molar-refractivity contribution is 0.0268. The van der Waals surface area contributed by atoms with E-state index in [4.69, 9.17) is 18.9 Å². The van der Waals surface area contributed by atoms with Crippen molar-refractivity contribution in [2.45, 2.75) is 18.9 Å². The maximum Gasteiger partial charge on any atom is 0.161 e. The predicted molar refractivity (Wildman–Crippen MR) is 129 cm³/mol. The third-order valence-electron chi connectivity index (χ3n) is 6.14. The lowest BCUT2D eigenvalue weighted by Crippen LogP contribution is -2.47. The Bertz CT molecular complexity index is 841. The Hall–Kier alpha value is -2.19. The number of ether oxygens (including phenoxy) is 4. The first kappa shape index (κ1) is 26.1. The van der Waals surface area contributed by atoms with E-state index in [0.29, 0.717) is 0 Å². The van der Waals surface area contributed by atoms with Crippen LogP contribution in [-0.4, -0.2) is 71.0 Å². The summed E-state index contributed by atoms with van der Waals surface area (Å²) in [6.07, 6.45) is 2.11. The van der Waals surface area contributed by atoms with Gasteiger partial charge in [-0.2, -0.15) is 0 Å². The Balaban J connectivity index is 0.00000181. The fraction of sp³-hybridized carbons (Fsp3) is 0.500. The van der Waals surface area contributed by atoms with Crippen molar-refractivity contribution in [1.82, 2.24) is 4.90 Å². The standard InChI is InChI=1S/C24H32N2O4.ClH.H2O/c1-27-20-8-6-19(7-9-20)26-12-10-25(11-13-26)17-24-21-16-23(29-3)22(28-2)15-18(21)5-4-14-30-24;;/h6-9,15-16,24H,4-5,10-14,17H2,1-3H3;1H;1H2. The van der Waals surface area contributed by atoms with Crippen LogP contribution in [0.25, 0.3) is 0 Å². The van der Waals surface area contributed by atoms with Gasteiger partial charge in [0.05, 0.1) is 27.4 Å². The first-order valence-corrected chi connectivity index (χ1v) is 10.7. The van der Waals surface area contributed by atoms with Crippen molar-refractivity contribution in [3.05, 3.63) is 47.5 Å². The highest BCUT2D eigenvalue weighted by atomic mass is 35.5. The van der Waals surface area contributed by atoms with E-state index < -0.39 is 0 Å². The number of aryl methyl sites for hydroxylation is 1. The monoisotopic (exact) mass is 466 g/mol. The molecule has 0 bridgehead atoms. The van der Waals surface area contributed by atoms with Gasteiger partial charge in [0, 0.05) is 45.0 Å². The van der Waals surface area contributed by atoms with Gasteiger partial charge in [0.15, 0.2) is 11.5 Å². The molecule has 0 aliphatic carbocycles. The van der Waals surface area contributed by atoms with E-state index in [-0.39, 0.29) is 24.0 Å². The molecule has 2 aromatic carbocycles. The minimum Gasteiger partial charge on any atom is -0.497 e. The van der Waals surface area contributed by atoms with E-state index in [0.717, 1.165) is 69.4 Å². The van der Waals surface area contributed by atoms with Gasteiger partial charge >= 0.3 is 0 Å². The predicted octanol–water partition coefficient (Wildman–Crippen LogP) is 3.14. The molecule has 1 fully saturated rings. The van der Waals surface area contributed by atoms with Crippen molar-refractivity contribution >= 4 is 18.1 Å². The van der Waals surface area contributed by atoms with Crippen LogP contribution in [0.5, 0.6) is 17.2 Å². The summed E-state index contributed by atoms with van der Waals surface area (Å²) in [4.78, 5) is 4.95. The Kier molecular flexibility index (Phi) is 9.90. The van der Waals surface area contributed by atoms with Gasteiger partial charge in [-0.15, -0.1) is 12.4 Å². The molecule has 0 radical (unpaired) electrons. The number of hydrogen-bond acceptors (Lipinski definition) is 6. The lowest BCUT2D eigenvalue weighted by atomic mass is 9.98. The third kappa shape index (κ3) is 5.78. The van der Waals surface area contributed by atoms with Gasteiger partial charge in [-0.25, -0.2) is 0 Å². The van der Waals surface area contributed by atoms with E-state index in [1.807, 2.05) is 12.1 Å². The molecule has 7 nitrogen and oxygen atoms in total. The van der Waals surface area contributed by atoms with Crippen molar-refractivity contribution < 1.29 is 24.4 Å². The topological polar surface area (TPSA) is 74.9 Å². The summed E-state index contributed by atoms with van der Waals surface area (Å²) in [7, 11) is 5.08. The summed E-state index contributed by atoms with van der Waals surface area (Å²) < 4.78 is 22.6. The average molecular weight is 467 g/mol. The van der Waals surface area contributed by atoms with Crippen LogP contribution in [-0.2, 0) is 11.2 Å². The molecule has 2 N–H and O–H groups in total. The second-order valence-corrected chi connectivity index (χ2v) is 7.85. The summed E-state index contributed by atoms with van der Waals surface area (Å²) >= 11 is 0. The van der Waals surface area contributed by atoms with Crippen LogP contribution in [0.4, 0.5) is 5.69 Å². The SMILES string of the molecule is COc1ccc(N2CCN(CC3OCCCc4cc(OC)c(OC)cc43)CC2)cc1.Cl.O. The van der Waals surface area contributed by atoms with Gasteiger partial charge in [0.25, 0.3) is 0 Å². The molecule has 0 spiro atoms. The molecule has 0 aromatic heterocycles. The van der Waals surface area contributed by atoms with Crippen LogP contribution in [0, 0.1) is 0 Å². The minimum atomic E-state index is 0. The molecule has 8 heteroatoms. The van der Waals surface area contributed by atoms with E-state index in [1.165, 1.54) is 16.8 Å². The summed E-state index contributed by atoms with van der Waals surface area (Å²) in [6.45, 7) is 5.76. The number of halogens is 1. The van der Waals surface area contributed by atoms with Crippen molar-refractivity contribution in [2.24, 2.45) is 0 Å². The van der Waals surface area contributed by atoms with Crippen LogP contribution in [0.2, 0.25) is 0 Å². The molecule has 2 aliphatic rings. The van der Waals surface area contributed by atoms with Gasteiger partial charge in [0.2, 0.25) is 0 Å². The molecule has 32 heavy (non-hydrogen) atoms. The maximum atomic E-state index is 6.28. The number of hydrogen-bond donors (Lipinski definition) is 0. The van der Waals surface area contributed by atoms with Crippen molar-refractivity contribution in [3.8, 4) is 17.2 Å². The molecule has 1 saturated heterocycles. The van der Waals surface area contributed by atoms with Crippen LogP contribution < -0.4 is 19.1 Å². The van der Waals surface area contributed by atoms with E-state index in [2.05, 4.69) is 34.1 Å². The van der Waals surface area contributed by atoms with Crippen LogP contribution in [0.3, 0.4) is 0 Å². The number of nitrogens with zero attached hydrogens (tertiary/aromatic N) is 2. The molecule has 0 saturated carbocycles. The van der Waals surface area contributed by atoms with Gasteiger partial charge in [-0.3, -0.25) is 4.90 Å². The van der Waals surface area contributed by atoms with Crippen LogP contribution in [0.15, 0.2) is 36.4 Å². The summed E-state index contributed by atoms with van der Waals surface area (Å²) in [6, 6.07) is 12.6.